The molecule has 1 fully saturated rings. The zero-order chi connectivity index (χ0) is 20.4. The summed E-state index contributed by atoms with van der Waals surface area (Å²) in [6.45, 7) is 2.94. The van der Waals surface area contributed by atoms with Crippen molar-refractivity contribution in [3.05, 3.63) is 54.4 Å². The van der Waals surface area contributed by atoms with E-state index in [9.17, 15) is 15.3 Å². The first-order valence-electron chi connectivity index (χ1n) is 10.3. The molecule has 0 unspecified atom stereocenters. The van der Waals surface area contributed by atoms with Crippen LogP contribution in [0.1, 0.15) is 37.9 Å². The lowest BCUT2D eigenvalue weighted by Crippen LogP contribution is -2.44. The highest BCUT2D eigenvalue weighted by atomic mass is 16.5. The van der Waals surface area contributed by atoms with E-state index in [-0.39, 0.29) is 13.0 Å². The SMILES string of the molecule is CCCCn1cnc2ccc(-c3cccc([C@H]4O[C@H](CO)C[C@H](O)[C@@H]4O)c3)cc21. The fourth-order valence-electron chi connectivity index (χ4n) is 3.99. The van der Waals surface area contributed by atoms with E-state index in [0.717, 1.165) is 47.1 Å². The average molecular weight is 396 g/mol. The molecular weight excluding hydrogens is 368 g/mol. The number of aryl methyl sites for hydroxylation is 1. The van der Waals surface area contributed by atoms with Crippen molar-refractivity contribution < 1.29 is 20.1 Å². The Morgan fingerprint density at radius 3 is 2.76 bits per heavy atom. The van der Waals surface area contributed by atoms with Crippen molar-refractivity contribution in [1.29, 1.82) is 0 Å². The van der Waals surface area contributed by atoms with Crippen molar-refractivity contribution in [3.8, 4) is 11.1 Å². The van der Waals surface area contributed by atoms with Gasteiger partial charge in [0.1, 0.15) is 12.2 Å². The van der Waals surface area contributed by atoms with Crippen LogP contribution in [0.4, 0.5) is 0 Å². The highest BCUT2D eigenvalue weighted by molar-refractivity contribution is 5.82. The quantitative estimate of drug-likeness (QED) is 0.596. The maximum Gasteiger partial charge on any atom is 0.111 e. The summed E-state index contributed by atoms with van der Waals surface area (Å²) in [7, 11) is 0. The summed E-state index contributed by atoms with van der Waals surface area (Å²) < 4.78 is 8.03. The number of hydrogen-bond donors (Lipinski definition) is 3. The lowest BCUT2D eigenvalue weighted by Gasteiger charge is -2.37. The van der Waals surface area contributed by atoms with Gasteiger partial charge in [0.15, 0.2) is 0 Å². The first kappa shape index (κ1) is 20.0. The Balaban J connectivity index is 1.66. The molecule has 0 saturated carbocycles. The third-order valence-corrected chi connectivity index (χ3v) is 5.67. The monoisotopic (exact) mass is 396 g/mol. The molecule has 0 spiro atoms. The van der Waals surface area contributed by atoms with E-state index in [1.54, 1.807) is 0 Å². The van der Waals surface area contributed by atoms with Crippen molar-refractivity contribution in [1.82, 2.24) is 9.55 Å². The number of rotatable bonds is 6. The number of aliphatic hydroxyl groups is 3. The van der Waals surface area contributed by atoms with E-state index in [1.165, 1.54) is 0 Å². The van der Waals surface area contributed by atoms with Crippen LogP contribution in [0, 0.1) is 0 Å². The molecule has 1 saturated heterocycles. The second kappa shape index (κ2) is 8.63. The van der Waals surface area contributed by atoms with Gasteiger partial charge in [0, 0.05) is 13.0 Å². The van der Waals surface area contributed by atoms with Crippen LogP contribution in [-0.2, 0) is 11.3 Å². The molecule has 154 valence electrons. The van der Waals surface area contributed by atoms with Gasteiger partial charge >= 0.3 is 0 Å². The minimum atomic E-state index is -1.02. The fraction of sp³-hybridized carbons (Fsp3) is 0.435. The van der Waals surface area contributed by atoms with Crippen LogP contribution >= 0.6 is 0 Å². The number of aliphatic hydroxyl groups excluding tert-OH is 3. The van der Waals surface area contributed by atoms with Crippen LogP contribution in [0.5, 0.6) is 0 Å². The van der Waals surface area contributed by atoms with Crippen LogP contribution in [0.3, 0.4) is 0 Å². The van der Waals surface area contributed by atoms with E-state index < -0.39 is 24.4 Å². The number of fused-ring (bicyclic) bond motifs is 1. The predicted molar refractivity (Wildman–Crippen MR) is 111 cm³/mol. The van der Waals surface area contributed by atoms with Crippen LogP contribution in [0.25, 0.3) is 22.2 Å². The molecule has 6 heteroatoms. The third kappa shape index (κ3) is 4.07. The zero-order valence-electron chi connectivity index (χ0n) is 16.6. The van der Waals surface area contributed by atoms with Gasteiger partial charge in [0.05, 0.1) is 36.2 Å². The summed E-state index contributed by atoms with van der Waals surface area (Å²) >= 11 is 0. The first-order chi connectivity index (χ1) is 14.1. The first-order valence-corrected chi connectivity index (χ1v) is 10.3. The molecule has 4 rings (SSSR count). The number of hydrogen-bond acceptors (Lipinski definition) is 5. The van der Waals surface area contributed by atoms with Gasteiger partial charge in [-0.15, -0.1) is 0 Å². The Morgan fingerprint density at radius 1 is 1.14 bits per heavy atom. The molecule has 6 nitrogen and oxygen atoms in total. The summed E-state index contributed by atoms with van der Waals surface area (Å²) in [5.74, 6) is 0. The topological polar surface area (TPSA) is 87.7 Å². The maximum absolute atomic E-state index is 10.4. The van der Waals surface area contributed by atoms with Gasteiger partial charge in [-0.3, -0.25) is 0 Å². The van der Waals surface area contributed by atoms with E-state index in [4.69, 9.17) is 4.74 Å². The highest BCUT2D eigenvalue weighted by Gasteiger charge is 2.37. The average Bonchev–Trinajstić information content (AvgIpc) is 3.16. The molecule has 3 N–H and O–H groups in total. The van der Waals surface area contributed by atoms with Crippen LogP contribution < -0.4 is 0 Å². The maximum atomic E-state index is 10.4. The zero-order valence-corrected chi connectivity index (χ0v) is 16.6. The van der Waals surface area contributed by atoms with E-state index in [0.29, 0.717) is 0 Å². The minimum Gasteiger partial charge on any atom is -0.394 e. The van der Waals surface area contributed by atoms with E-state index >= 15 is 0 Å². The van der Waals surface area contributed by atoms with Crippen LogP contribution in [-0.4, -0.2) is 49.8 Å². The largest absolute Gasteiger partial charge is 0.394 e. The van der Waals surface area contributed by atoms with Gasteiger partial charge < -0.3 is 24.6 Å². The fourth-order valence-corrected chi connectivity index (χ4v) is 3.99. The van der Waals surface area contributed by atoms with Gasteiger partial charge in [-0.2, -0.15) is 0 Å². The Hall–Kier alpha value is -2.25. The van der Waals surface area contributed by atoms with Gasteiger partial charge in [-0.1, -0.05) is 37.6 Å². The predicted octanol–water partition coefficient (Wildman–Crippen LogP) is 3.05. The molecule has 0 radical (unpaired) electrons. The summed E-state index contributed by atoms with van der Waals surface area (Å²) in [6, 6.07) is 14.0. The molecule has 29 heavy (non-hydrogen) atoms. The molecule has 0 aliphatic carbocycles. The minimum absolute atomic E-state index is 0.182. The molecule has 0 bridgehead atoms. The number of nitrogens with zero attached hydrogens (tertiary/aromatic N) is 2. The summed E-state index contributed by atoms with van der Waals surface area (Å²) in [5, 5.41) is 30.0. The smallest absolute Gasteiger partial charge is 0.111 e. The van der Waals surface area contributed by atoms with E-state index in [2.05, 4.69) is 22.5 Å². The number of unbranched alkanes of at least 4 members (excludes halogenated alkanes) is 1. The Morgan fingerprint density at radius 2 is 1.97 bits per heavy atom. The van der Waals surface area contributed by atoms with E-state index in [1.807, 2.05) is 42.7 Å². The van der Waals surface area contributed by atoms with Gasteiger partial charge in [-0.25, -0.2) is 4.98 Å². The van der Waals surface area contributed by atoms with Gasteiger partial charge in [0.25, 0.3) is 0 Å². The number of imidazole rings is 1. The van der Waals surface area contributed by atoms with Crippen molar-refractivity contribution >= 4 is 11.0 Å². The molecule has 3 aromatic rings. The summed E-state index contributed by atoms with van der Waals surface area (Å²) in [5.41, 5.74) is 4.92. The van der Waals surface area contributed by atoms with Gasteiger partial charge in [-0.05, 0) is 41.3 Å². The lowest BCUT2D eigenvalue weighted by atomic mass is 9.91. The number of aromatic nitrogens is 2. The standard InChI is InChI=1S/C23H28N2O4/c1-2-3-9-25-14-24-19-8-7-16(11-20(19)25)15-5-4-6-17(10-15)23-22(28)21(27)12-18(13-26)29-23/h4-8,10-11,14,18,21-23,26-28H,2-3,9,12-13H2,1H3/t18-,21-,22-,23+/m0/s1. The van der Waals surface area contributed by atoms with Gasteiger partial charge in [0.2, 0.25) is 0 Å². The molecule has 1 aliphatic heterocycles. The number of ether oxygens (including phenoxy) is 1. The second-order valence-electron chi connectivity index (χ2n) is 7.78. The molecule has 1 aliphatic rings. The van der Waals surface area contributed by atoms with Crippen molar-refractivity contribution in [2.75, 3.05) is 6.61 Å². The second-order valence-corrected chi connectivity index (χ2v) is 7.78. The molecule has 0 amide bonds. The Labute approximate surface area is 170 Å². The van der Waals surface area contributed by atoms with Crippen molar-refractivity contribution in [3.63, 3.8) is 0 Å². The number of benzene rings is 2. The Bertz CT molecular complexity index is 970. The van der Waals surface area contributed by atoms with Crippen molar-refractivity contribution in [2.24, 2.45) is 0 Å². The normalized spacial score (nSPS) is 24.8. The molecule has 2 aromatic carbocycles. The molecule has 2 heterocycles. The third-order valence-electron chi connectivity index (χ3n) is 5.67. The van der Waals surface area contributed by atoms with Crippen LogP contribution in [0.15, 0.2) is 48.8 Å². The highest BCUT2D eigenvalue weighted by Crippen LogP contribution is 2.34. The molecular formula is C23H28N2O4. The molecule has 4 atom stereocenters. The van der Waals surface area contributed by atoms with Crippen molar-refractivity contribution in [2.45, 2.75) is 57.1 Å². The lowest BCUT2D eigenvalue weighted by molar-refractivity contribution is -0.179. The van der Waals surface area contributed by atoms with Crippen LogP contribution in [0.2, 0.25) is 0 Å². The summed E-state index contributed by atoms with van der Waals surface area (Å²) in [4.78, 5) is 4.49. The Kier molecular flexibility index (Phi) is 5.96. The summed E-state index contributed by atoms with van der Waals surface area (Å²) in [6.07, 6.45) is 1.27. The molecule has 1 aromatic heterocycles.